The zero-order valence-corrected chi connectivity index (χ0v) is 12.4. The van der Waals surface area contributed by atoms with Gasteiger partial charge in [-0.2, -0.15) is 0 Å². The van der Waals surface area contributed by atoms with Crippen molar-refractivity contribution in [2.75, 3.05) is 0 Å². The Morgan fingerprint density at radius 2 is 1.20 bits per heavy atom. The molecule has 0 saturated carbocycles. The van der Waals surface area contributed by atoms with Crippen molar-refractivity contribution in [2.45, 2.75) is 6.92 Å². The number of hydrogen-bond donors (Lipinski definition) is 0. The summed E-state index contributed by atoms with van der Waals surface area (Å²) in [7, 11) is 0. The number of halogens is 1. The second kappa shape index (κ2) is 5.46. The first-order chi connectivity index (χ1) is 9.75. The first-order valence-corrected chi connectivity index (χ1v) is 6.93. The van der Waals surface area contributed by atoms with E-state index in [1.165, 1.54) is 0 Å². The molecule has 0 saturated heterocycles. The molecule has 0 aliphatic rings. The molecule has 3 aromatic rings. The zero-order chi connectivity index (χ0) is 13.9. The number of hydrogen-bond acceptors (Lipinski definition) is 4. The molecule has 1 aromatic heterocycles. The van der Waals surface area contributed by atoms with Crippen LogP contribution in [0.25, 0.3) is 22.8 Å². The molecule has 1 heterocycles. The highest BCUT2D eigenvalue weighted by Gasteiger charge is 2.09. The van der Waals surface area contributed by atoms with Crippen LogP contribution < -0.4 is 0 Å². The molecule has 3 rings (SSSR count). The van der Waals surface area contributed by atoms with E-state index in [0.717, 1.165) is 21.2 Å². The highest BCUT2D eigenvalue weighted by molar-refractivity contribution is 9.10. The summed E-state index contributed by atoms with van der Waals surface area (Å²) in [5.74, 6) is 1.05. The van der Waals surface area contributed by atoms with E-state index in [0.29, 0.717) is 11.6 Å². The fourth-order valence-corrected chi connectivity index (χ4v) is 2.37. The molecule has 98 valence electrons. The minimum atomic E-state index is 0.509. The van der Waals surface area contributed by atoms with E-state index in [1.807, 2.05) is 55.5 Å². The molecule has 0 N–H and O–H groups in total. The van der Waals surface area contributed by atoms with Gasteiger partial charge in [-0.1, -0.05) is 52.3 Å². The van der Waals surface area contributed by atoms with Gasteiger partial charge in [0.25, 0.3) is 0 Å². The third-order valence-corrected chi connectivity index (χ3v) is 3.67. The third kappa shape index (κ3) is 2.44. The van der Waals surface area contributed by atoms with E-state index in [4.69, 9.17) is 0 Å². The third-order valence-electron chi connectivity index (χ3n) is 2.98. The van der Waals surface area contributed by atoms with Crippen molar-refractivity contribution in [1.29, 1.82) is 0 Å². The normalized spacial score (nSPS) is 10.5. The van der Waals surface area contributed by atoms with Crippen LogP contribution in [0.4, 0.5) is 0 Å². The average Bonchev–Trinajstić information content (AvgIpc) is 2.49. The maximum Gasteiger partial charge on any atom is 0.204 e. The Bertz CT molecular complexity index is 676. The van der Waals surface area contributed by atoms with Gasteiger partial charge in [0, 0.05) is 15.6 Å². The maximum atomic E-state index is 4.18. The number of nitrogens with zero attached hydrogens (tertiary/aromatic N) is 4. The second-order valence-corrected chi connectivity index (χ2v) is 5.20. The fourth-order valence-electron chi connectivity index (χ4n) is 1.91. The Morgan fingerprint density at radius 1 is 0.700 bits per heavy atom. The van der Waals surface area contributed by atoms with E-state index in [9.17, 15) is 0 Å². The van der Waals surface area contributed by atoms with Gasteiger partial charge in [-0.15, -0.1) is 20.4 Å². The lowest BCUT2D eigenvalue weighted by Crippen LogP contribution is -2.00. The van der Waals surface area contributed by atoms with Gasteiger partial charge in [-0.05, 0) is 24.6 Å². The molecule has 0 spiro atoms. The van der Waals surface area contributed by atoms with Crippen LogP contribution in [0.5, 0.6) is 0 Å². The monoisotopic (exact) mass is 326 g/mol. The summed E-state index contributed by atoms with van der Waals surface area (Å²) >= 11 is 3.47. The summed E-state index contributed by atoms with van der Waals surface area (Å²) in [5, 5.41) is 16.7. The van der Waals surface area contributed by atoms with Crippen LogP contribution in [-0.2, 0) is 0 Å². The SMILES string of the molecule is Cc1ccccc1-c1nnc(-c2ccccc2Br)nn1. The first-order valence-electron chi connectivity index (χ1n) is 6.14. The highest BCUT2D eigenvalue weighted by Crippen LogP contribution is 2.24. The van der Waals surface area contributed by atoms with Crippen LogP contribution in [-0.4, -0.2) is 20.4 Å². The van der Waals surface area contributed by atoms with Crippen molar-refractivity contribution in [3.05, 3.63) is 58.6 Å². The van der Waals surface area contributed by atoms with Gasteiger partial charge < -0.3 is 0 Å². The Labute approximate surface area is 125 Å². The predicted octanol–water partition coefficient (Wildman–Crippen LogP) is 3.67. The molecule has 0 radical (unpaired) electrons. The molecule has 4 nitrogen and oxygen atoms in total. The van der Waals surface area contributed by atoms with E-state index < -0.39 is 0 Å². The number of rotatable bonds is 2. The lowest BCUT2D eigenvalue weighted by atomic mass is 10.1. The molecule has 20 heavy (non-hydrogen) atoms. The first kappa shape index (κ1) is 12.9. The molecule has 5 heteroatoms. The number of aryl methyl sites for hydroxylation is 1. The zero-order valence-electron chi connectivity index (χ0n) is 10.8. The molecule has 0 unspecified atom stereocenters. The van der Waals surface area contributed by atoms with Crippen LogP contribution >= 0.6 is 15.9 Å². The van der Waals surface area contributed by atoms with Crippen LogP contribution in [0.15, 0.2) is 53.0 Å². The van der Waals surface area contributed by atoms with E-state index in [1.54, 1.807) is 0 Å². The number of aromatic nitrogens is 4. The Hall–Kier alpha value is -2.14. The summed E-state index contributed by atoms with van der Waals surface area (Å²) < 4.78 is 0.923. The van der Waals surface area contributed by atoms with Crippen LogP contribution in [0.2, 0.25) is 0 Å². The van der Waals surface area contributed by atoms with E-state index in [2.05, 4.69) is 36.3 Å². The minimum absolute atomic E-state index is 0.509. The average molecular weight is 327 g/mol. The topological polar surface area (TPSA) is 51.6 Å². The van der Waals surface area contributed by atoms with Gasteiger partial charge in [0.2, 0.25) is 11.6 Å². The van der Waals surface area contributed by atoms with Crippen molar-refractivity contribution in [2.24, 2.45) is 0 Å². The van der Waals surface area contributed by atoms with Gasteiger partial charge in [0.15, 0.2) is 0 Å². The van der Waals surface area contributed by atoms with Gasteiger partial charge in [0.1, 0.15) is 0 Å². The lowest BCUT2D eigenvalue weighted by molar-refractivity contribution is 0.874. The second-order valence-electron chi connectivity index (χ2n) is 4.34. The molecule has 0 fully saturated rings. The van der Waals surface area contributed by atoms with E-state index in [-0.39, 0.29) is 0 Å². The van der Waals surface area contributed by atoms with Gasteiger partial charge >= 0.3 is 0 Å². The smallest absolute Gasteiger partial charge is 0.126 e. The van der Waals surface area contributed by atoms with Gasteiger partial charge in [0.05, 0.1) is 0 Å². The van der Waals surface area contributed by atoms with Crippen molar-refractivity contribution < 1.29 is 0 Å². The highest BCUT2D eigenvalue weighted by atomic mass is 79.9. The quantitative estimate of drug-likeness (QED) is 0.721. The van der Waals surface area contributed by atoms with Crippen molar-refractivity contribution in [3.8, 4) is 22.8 Å². The molecule has 0 bridgehead atoms. The molecule has 2 aromatic carbocycles. The van der Waals surface area contributed by atoms with Crippen LogP contribution in [0.1, 0.15) is 5.56 Å². The number of benzene rings is 2. The maximum absolute atomic E-state index is 4.18. The molecular formula is C15H11BrN4. The Kier molecular flexibility index (Phi) is 3.52. The largest absolute Gasteiger partial charge is 0.204 e. The minimum Gasteiger partial charge on any atom is -0.126 e. The van der Waals surface area contributed by atoms with Crippen LogP contribution in [0, 0.1) is 6.92 Å². The van der Waals surface area contributed by atoms with Gasteiger partial charge in [-0.25, -0.2) is 0 Å². The van der Waals surface area contributed by atoms with Crippen molar-refractivity contribution in [1.82, 2.24) is 20.4 Å². The molecular weight excluding hydrogens is 316 g/mol. The Morgan fingerprint density at radius 3 is 1.80 bits per heavy atom. The summed E-state index contributed by atoms with van der Waals surface area (Å²) in [6.07, 6.45) is 0. The fraction of sp³-hybridized carbons (Fsp3) is 0.0667. The molecule has 0 amide bonds. The van der Waals surface area contributed by atoms with Crippen molar-refractivity contribution in [3.63, 3.8) is 0 Å². The predicted molar refractivity (Wildman–Crippen MR) is 80.9 cm³/mol. The van der Waals surface area contributed by atoms with Gasteiger partial charge in [-0.3, -0.25) is 0 Å². The summed E-state index contributed by atoms with van der Waals surface area (Å²) in [4.78, 5) is 0. The summed E-state index contributed by atoms with van der Waals surface area (Å²) in [6, 6.07) is 15.6. The standard InChI is InChI=1S/C15H11BrN4/c1-10-6-2-3-7-11(10)14-17-19-15(20-18-14)12-8-4-5-9-13(12)16/h2-9H,1H3. The Balaban J connectivity index is 2.01. The summed E-state index contributed by atoms with van der Waals surface area (Å²) in [6.45, 7) is 2.01. The molecule has 0 atom stereocenters. The van der Waals surface area contributed by atoms with Crippen LogP contribution in [0.3, 0.4) is 0 Å². The summed E-state index contributed by atoms with van der Waals surface area (Å²) in [5.41, 5.74) is 2.93. The van der Waals surface area contributed by atoms with E-state index >= 15 is 0 Å². The lowest BCUT2D eigenvalue weighted by Gasteiger charge is -2.04. The van der Waals surface area contributed by atoms with Crippen molar-refractivity contribution >= 4 is 15.9 Å². The molecule has 0 aliphatic carbocycles. The molecule has 0 aliphatic heterocycles.